The molecule has 0 saturated carbocycles. The zero-order chi connectivity index (χ0) is 20.1. The van der Waals surface area contributed by atoms with Crippen LogP contribution in [0.1, 0.15) is 24.6 Å². The summed E-state index contributed by atoms with van der Waals surface area (Å²) in [6.45, 7) is 1.11. The molecule has 0 bridgehead atoms. The molecule has 0 radical (unpaired) electrons. The van der Waals surface area contributed by atoms with E-state index in [0.29, 0.717) is 43.7 Å². The van der Waals surface area contributed by atoms with Crippen LogP contribution in [0.2, 0.25) is 0 Å². The van der Waals surface area contributed by atoms with Crippen LogP contribution >= 0.6 is 0 Å². The molecule has 0 amide bonds. The summed E-state index contributed by atoms with van der Waals surface area (Å²) in [5.41, 5.74) is 0. The van der Waals surface area contributed by atoms with Gasteiger partial charge in [0.1, 0.15) is 6.61 Å². The maximum absolute atomic E-state index is 13.4. The van der Waals surface area contributed by atoms with Gasteiger partial charge < -0.3 is 14.0 Å². The lowest BCUT2D eigenvalue weighted by Gasteiger charge is -2.31. The lowest BCUT2D eigenvalue weighted by Crippen LogP contribution is -2.41. The molecule has 2 aromatic rings. The molecule has 1 aromatic carbocycles. The van der Waals surface area contributed by atoms with Crippen molar-refractivity contribution in [2.24, 2.45) is 0 Å². The Morgan fingerprint density at radius 3 is 2.68 bits per heavy atom. The number of benzene rings is 1. The number of halogens is 2. The number of ether oxygens (including phenoxy) is 2. The van der Waals surface area contributed by atoms with E-state index in [-0.39, 0.29) is 30.7 Å². The number of piperidine rings is 1. The summed E-state index contributed by atoms with van der Waals surface area (Å²) in [7, 11) is -2.33. The van der Waals surface area contributed by atoms with Crippen molar-refractivity contribution in [2.45, 2.75) is 36.9 Å². The Balaban J connectivity index is 1.47. The van der Waals surface area contributed by atoms with E-state index >= 15 is 0 Å². The van der Waals surface area contributed by atoms with Crippen molar-refractivity contribution in [3.8, 4) is 0 Å². The number of methoxy groups -OCH3 is 1. The van der Waals surface area contributed by atoms with Gasteiger partial charge in [0.2, 0.25) is 10.0 Å². The van der Waals surface area contributed by atoms with Gasteiger partial charge in [0, 0.05) is 26.6 Å². The van der Waals surface area contributed by atoms with Gasteiger partial charge in [-0.2, -0.15) is 9.29 Å². The third-order valence-corrected chi connectivity index (χ3v) is 6.28. The molecule has 1 aliphatic rings. The van der Waals surface area contributed by atoms with Gasteiger partial charge in [-0.25, -0.2) is 17.2 Å². The zero-order valence-electron chi connectivity index (χ0n) is 15.3. The van der Waals surface area contributed by atoms with Gasteiger partial charge in [-0.1, -0.05) is 5.16 Å². The second-order valence-corrected chi connectivity index (χ2v) is 8.28. The number of rotatable bonds is 8. The second-order valence-electron chi connectivity index (χ2n) is 6.34. The molecule has 11 heteroatoms. The summed E-state index contributed by atoms with van der Waals surface area (Å²) in [5, 5.41) is 3.82. The van der Waals surface area contributed by atoms with E-state index in [2.05, 4.69) is 10.1 Å². The largest absolute Gasteiger partial charge is 0.378 e. The first kappa shape index (κ1) is 20.8. The molecule has 154 valence electrons. The Hall–Kier alpha value is -1.95. The predicted octanol–water partition coefficient (Wildman–Crippen LogP) is 1.91. The molecular weight excluding hydrogens is 396 g/mol. The number of nitrogens with zero attached hydrogens (tertiary/aromatic N) is 3. The summed E-state index contributed by atoms with van der Waals surface area (Å²) >= 11 is 0. The molecule has 2 heterocycles. The molecule has 8 nitrogen and oxygen atoms in total. The van der Waals surface area contributed by atoms with E-state index in [1.165, 1.54) is 11.4 Å². The Labute approximate surface area is 161 Å². The maximum Gasteiger partial charge on any atom is 0.252 e. The van der Waals surface area contributed by atoms with Crippen LogP contribution < -0.4 is 0 Å². The van der Waals surface area contributed by atoms with Crippen LogP contribution in [0.4, 0.5) is 8.78 Å². The summed E-state index contributed by atoms with van der Waals surface area (Å²) in [6, 6.07) is 2.59. The van der Waals surface area contributed by atoms with Gasteiger partial charge in [0.25, 0.3) is 5.89 Å². The molecule has 28 heavy (non-hydrogen) atoms. The van der Waals surface area contributed by atoms with Crippen LogP contribution in [-0.2, 0) is 32.5 Å². The van der Waals surface area contributed by atoms with Gasteiger partial charge in [-0.15, -0.1) is 0 Å². The Morgan fingerprint density at radius 2 is 2.00 bits per heavy atom. The van der Waals surface area contributed by atoms with Crippen LogP contribution in [0.5, 0.6) is 0 Å². The molecule has 0 N–H and O–H groups in total. The van der Waals surface area contributed by atoms with Crippen LogP contribution in [0.25, 0.3) is 0 Å². The second kappa shape index (κ2) is 9.03. The third kappa shape index (κ3) is 4.90. The standard InChI is InChI=1S/C17H21F2N3O5S/c1-25-11-17-20-16(21-27-17)6-9-26-12-4-7-22(8-5-12)28(23,24)13-2-3-14(18)15(19)10-13/h2-3,10,12H,4-9,11H2,1H3. The molecule has 1 aliphatic heterocycles. The SMILES string of the molecule is COCc1nc(CCOC2CCN(S(=O)(=O)c3ccc(F)c(F)c3)CC2)no1. The summed E-state index contributed by atoms with van der Waals surface area (Å²) in [6.07, 6.45) is 1.39. The molecule has 0 atom stereocenters. The average Bonchev–Trinajstić information content (AvgIpc) is 3.12. The van der Waals surface area contributed by atoms with Crippen molar-refractivity contribution >= 4 is 10.0 Å². The molecular formula is C17H21F2N3O5S. The van der Waals surface area contributed by atoms with E-state index in [1.807, 2.05) is 0 Å². The van der Waals surface area contributed by atoms with Gasteiger partial charge in [0.15, 0.2) is 17.5 Å². The Kier molecular flexibility index (Phi) is 6.70. The number of aromatic nitrogens is 2. The van der Waals surface area contributed by atoms with Crippen LogP contribution in [-0.4, -0.2) is 55.8 Å². The van der Waals surface area contributed by atoms with Crippen molar-refractivity contribution in [1.29, 1.82) is 0 Å². The van der Waals surface area contributed by atoms with Crippen molar-refractivity contribution < 1.29 is 31.2 Å². The first-order valence-electron chi connectivity index (χ1n) is 8.77. The summed E-state index contributed by atoms with van der Waals surface area (Å²) < 4.78 is 68.5. The lowest BCUT2D eigenvalue weighted by molar-refractivity contribution is 0.0222. The van der Waals surface area contributed by atoms with E-state index in [9.17, 15) is 17.2 Å². The average molecular weight is 417 g/mol. The Bertz CT molecular complexity index is 898. The highest BCUT2D eigenvalue weighted by atomic mass is 32.2. The summed E-state index contributed by atoms with van der Waals surface area (Å²) in [4.78, 5) is 3.89. The number of sulfonamides is 1. The number of hydrogen-bond acceptors (Lipinski definition) is 7. The molecule has 0 aliphatic carbocycles. The lowest BCUT2D eigenvalue weighted by atomic mass is 10.1. The van der Waals surface area contributed by atoms with E-state index in [1.54, 1.807) is 0 Å². The molecule has 1 saturated heterocycles. The minimum Gasteiger partial charge on any atom is -0.378 e. The third-order valence-electron chi connectivity index (χ3n) is 4.39. The van der Waals surface area contributed by atoms with E-state index < -0.39 is 21.7 Å². The van der Waals surface area contributed by atoms with Crippen LogP contribution in [0, 0.1) is 11.6 Å². The van der Waals surface area contributed by atoms with Gasteiger partial charge >= 0.3 is 0 Å². The number of hydrogen-bond donors (Lipinski definition) is 0. The topological polar surface area (TPSA) is 94.8 Å². The monoisotopic (exact) mass is 417 g/mol. The van der Waals surface area contributed by atoms with Gasteiger partial charge in [-0.05, 0) is 31.0 Å². The van der Waals surface area contributed by atoms with Crippen molar-refractivity contribution in [2.75, 3.05) is 26.8 Å². The highest BCUT2D eigenvalue weighted by Crippen LogP contribution is 2.23. The quantitative estimate of drug-likeness (QED) is 0.647. The fraction of sp³-hybridized carbons (Fsp3) is 0.529. The zero-order valence-corrected chi connectivity index (χ0v) is 16.1. The van der Waals surface area contributed by atoms with Crippen LogP contribution in [0.3, 0.4) is 0 Å². The van der Waals surface area contributed by atoms with Crippen molar-refractivity contribution in [3.63, 3.8) is 0 Å². The Morgan fingerprint density at radius 1 is 1.25 bits per heavy atom. The predicted molar refractivity (Wildman–Crippen MR) is 92.8 cm³/mol. The fourth-order valence-electron chi connectivity index (χ4n) is 2.92. The van der Waals surface area contributed by atoms with E-state index in [4.69, 9.17) is 14.0 Å². The van der Waals surface area contributed by atoms with E-state index in [0.717, 1.165) is 12.1 Å². The molecule has 0 spiro atoms. The normalized spacial score (nSPS) is 16.5. The molecule has 1 fully saturated rings. The molecule has 3 rings (SSSR count). The van der Waals surface area contributed by atoms with Crippen LogP contribution in [0.15, 0.2) is 27.6 Å². The van der Waals surface area contributed by atoms with Crippen molar-refractivity contribution in [3.05, 3.63) is 41.5 Å². The minimum atomic E-state index is -3.86. The van der Waals surface area contributed by atoms with Crippen molar-refractivity contribution in [1.82, 2.24) is 14.4 Å². The highest BCUT2D eigenvalue weighted by molar-refractivity contribution is 7.89. The molecule has 0 unspecified atom stereocenters. The maximum atomic E-state index is 13.4. The van der Waals surface area contributed by atoms with Gasteiger partial charge in [-0.3, -0.25) is 0 Å². The smallest absolute Gasteiger partial charge is 0.252 e. The molecule has 1 aromatic heterocycles. The fourth-order valence-corrected chi connectivity index (χ4v) is 4.40. The highest BCUT2D eigenvalue weighted by Gasteiger charge is 2.30. The first-order valence-corrected chi connectivity index (χ1v) is 10.2. The first-order chi connectivity index (χ1) is 13.4. The van der Waals surface area contributed by atoms with Gasteiger partial charge in [0.05, 0.1) is 17.6 Å². The summed E-state index contributed by atoms with van der Waals surface area (Å²) in [5.74, 6) is -1.35. The minimum absolute atomic E-state index is 0.0956.